The van der Waals surface area contributed by atoms with Gasteiger partial charge in [0.05, 0.1) is 54.9 Å². The van der Waals surface area contributed by atoms with Gasteiger partial charge >= 0.3 is 18.1 Å². The molecule has 1 aliphatic rings. The van der Waals surface area contributed by atoms with Crippen LogP contribution < -0.4 is 32.3 Å². The van der Waals surface area contributed by atoms with Crippen LogP contribution in [0.1, 0.15) is 197 Å². The minimum atomic E-state index is -1.24. The summed E-state index contributed by atoms with van der Waals surface area (Å²) in [6.07, 6.45) is 0.291. The van der Waals surface area contributed by atoms with Crippen molar-refractivity contribution in [2.24, 2.45) is 53.1 Å². The zero-order valence-corrected chi connectivity index (χ0v) is 66.2. The van der Waals surface area contributed by atoms with Gasteiger partial charge in [-0.15, -0.1) is 11.8 Å². The van der Waals surface area contributed by atoms with E-state index in [2.05, 4.69) is 26.6 Å². The third-order valence-electron chi connectivity index (χ3n) is 20.2. The van der Waals surface area contributed by atoms with Gasteiger partial charge in [0, 0.05) is 116 Å². The van der Waals surface area contributed by atoms with E-state index >= 15 is 0 Å². The van der Waals surface area contributed by atoms with E-state index in [9.17, 15) is 72.5 Å². The van der Waals surface area contributed by atoms with E-state index in [1.807, 2.05) is 71.9 Å². The Labute approximate surface area is 631 Å². The van der Waals surface area contributed by atoms with Gasteiger partial charge in [0.1, 0.15) is 17.6 Å². The molecule has 1 aliphatic heterocycles. The van der Waals surface area contributed by atoms with Crippen molar-refractivity contribution in [3.05, 3.63) is 65.7 Å². The van der Waals surface area contributed by atoms with Gasteiger partial charge in [-0.3, -0.25) is 52.7 Å². The number of rotatable bonds is 50. The number of amides is 9. The second-order valence-corrected chi connectivity index (χ2v) is 30.6. The second kappa shape index (κ2) is 47.1. The number of nitrogens with zero attached hydrogens (tertiary/aromatic N) is 3. The molecule has 9 amide bonds. The van der Waals surface area contributed by atoms with Gasteiger partial charge in [0.15, 0.2) is 17.3 Å². The first kappa shape index (κ1) is 92.4. The zero-order chi connectivity index (χ0) is 79.7. The number of ketones is 4. The number of ether oxygens (including phenoxy) is 3. The van der Waals surface area contributed by atoms with Crippen LogP contribution in [0.4, 0.5) is 15.3 Å². The number of likely N-dealkylation sites (N-methyl/N-ethyl adjacent to an activating group) is 2. The Balaban J connectivity index is 1.63. The number of primary amides is 1. The Morgan fingerprint density at radius 2 is 1.34 bits per heavy atom. The molecule has 1 fully saturated rings. The molecule has 14 atom stereocenters. The number of carbonyl (C=O) groups excluding carboxylic acids is 12. The van der Waals surface area contributed by atoms with E-state index < -0.39 is 113 Å². The van der Waals surface area contributed by atoms with Gasteiger partial charge in [0.2, 0.25) is 35.4 Å². The maximum atomic E-state index is 14.9. The Hall–Kier alpha value is -7.82. The summed E-state index contributed by atoms with van der Waals surface area (Å²) in [5.74, 6) is -8.55. The highest BCUT2D eigenvalue weighted by Crippen LogP contribution is 2.34. The van der Waals surface area contributed by atoms with Crippen LogP contribution in [-0.2, 0) is 73.6 Å². The van der Waals surface area contributed by atoms with Crippen molar-refractivity contribution in [2.75, 3.05) is 59.0 Å². The number of carbonyl (C=O) groups is 13. The number of thioether (sulfide) groups is 1. The number of carboxylic acid groups (broad SMARTS) is 1. The van der Waals surface area contributed by atoms with Crippen LogP contribution in [0.5, 0.6) is 0 Å². The molecule has 1 saturated heterocycles. The minimum absolute atomic E-state index is 0.0150. The maximum absolute atomic E-state index is 14.9. The molecule has 0 saturated carbocycles. The summed E-state index contributed by atoms with van der Waals surface area (Å²) in [6.45, 7) is 22.0. The number of aliphatic carboxylic acids is 1. The van der Waals surface area contributed by atoms with Crippen molar-refractivity contribution in [3.63, 3.8) is 0 Å². The Kier molecular flexibility index (Phi) is 41.0. The summed E-state index contributed by atoms with van der Waals surface area (Å²) in [7, 11) is 6.21. The Bertz CT molecular complexity index is 3190. The van der Waals surface area contributed by atoms with Crippen LogP contribution in [0, 0.1) is 47.3 Å². The molecule has 9 N–H and O–H groups in total. The van der Waals surface area contributed by atoms with E-state index in [0.717, 1.165) is 17.3 Å². The molecule has 9 unspecified atom stereocenters. The van der Waals surface area contributed by atoms with E-state index in [0.29, 0.717) is 56.3 Å². The topological polar surface area (TPSA) is 386 Å². The molecule has 2 aromatic rings. The van der Waals surface area contributed by atoms with Crippen LogP contribution in [0.3, 0.4) is 0 Å². The number of hydrogen-bond acceptors (Lipinski definition) is 18. The number of likely N-dealkylation sites (tertiary alicyclic amines) is 1. The van der Waals surface area contributed by atoms with Gasteiger partial charge in [-0.25, -0.2) is 9.59 Å². The predicted octanol–water partition coefficient (Wildman–Crippen LogP) is 8.60. The lowest BCUT2D eigenvalue weighted by Gasteiger charge is -2.41. The molecule has 2 aromatic carbocycles. The molecule has 3 rings (SSSR count). The summed E-state index contributed by atoms with van der Waals surface area (Å²) >= 11 is 0.887. The number of unbranched alkanes of at least 4 members (excludes halogenated alkanes) is 2. The van der Waals surface area contributed by atoms with E-state index in [1.54, 1.807) is 82.8 Å². The number of Topliss-reactive ketones (excluding diaryl/α,β-unsaturated/α-hetero) is 4. The summed E-state index contributed by atoms with van der Waals surface area (Å²) in [5.41, 5.74) is 6.91. The smallest absolute Gasteiger partial charge is 0.410 e. The van der Waals surface area contributed by atoms with Crippen molar-refractivity contribution < 1.29 is 86.8 Å². The standard InChI is InChI=1S/C78H123N9O18S/c1-17-49(9)71(63(103-15)42-68(95)87-38-26-30-59(87)73(104-16)51(11)60(89)39-50(10)72(96)54-27-21-19-22-28-54)85(13)75(98)57(46(3)4)41-62(91)70(48(7)8)86(14)78(102)105-44-53-32-34-56(35-33-53)82-74(97)55(29-25-37-81-77(79)101)40-61(90)69(47(5)6)84-66(93)31-23-20-24-36-80-67(94)43-64(76(99)100)106-45-58(52(12)88)83-65(92)18-2/h19,21-22,27-28,32-35,46-51,55,57-59,63-64,69-73,96H,17-18,20,23-26,29-31,36-45H2,1-16H3,(H,80,94)(H,82,97)(H,83,92)(H,84,93)(H,99,100)(H3,79,81,101)/t49?,50-,51?,55?,57?,58?,59-,63?,64?,69?,70+,71-,72+,73?/m0/s1. The number of aliphatic hydroxyl groups excluding tert-OH is 1. The fraction of sp³-hybridized carbons (Fsp3) is 0.679. The average molecular weight is 1510 g/mol. The largest absolute Gasteiger partial charge is 0.480 e. The van der Waals surface area contributed by atoms with Crippen LogP contribution in [0.2, 0.25) is 0 Å². The third-order valence-corrected chi connectivity index (χ3v) is 21.5. The monoisotopic (exact) mass is 1510 g/mol. The van der Waals surface area contributed by atoms with Gasteiger partial charge < -0.3 is 71.4 Å². The molecule has 594 valence electrons. The molecule has 0 spiro atoms. The lowest BCUT2D eigenvalue weighted by atomic mass is 9.83. The Morgan fingerprint density at radius 3 is 1.91 bits per heavy atom. The van der Waals surface area contributed by atoms with Crippen molar-refractivity contribution in [1.29, 1.82) is 0 Å². The van der Waals surface area contributed by atoms with Crippen LogP contribution in [0.15, 0.2) is 54.6 Å². The van der Waals surface area contributed by atoms with Gasteiger partial charge in [-0.05, 0) is 98.3 Å². The Morgan fingerprint density at radius 1 is 0.689 bits per heavy atom. The third kappa shape index (κ3) is 30.1. The highest BCUT2D eigenvalue weighted by molar-refractivity contribution is 8.00. The molecule has 106 heavy (non-hydrogen) atoms. The number of urea groups is 1. The van der Waals surface area contributed by atoms with Crippen molar-refractivity contribution in [2.45, 2.75) is 240 Å². The van der Waals surface area contributed by atoms with Crippen LogP contribution >= 0.6 is 11.8 Å². The lowest BCUT2D eigenvalue weighted by Crippen LogP contribution is -2.54. The highest BCUT2D eigenvalue weighted by atomic mass is 32.2. The fourth-order valence-corrected chi connectivity index (χ4v) is 14.8. The quantitative estimate of drug-likeness (QED) is 0.0287. The summed E-state index contributed by atoms with van der Waals surface area (Å²) < 4.78 is 17.9. The van der Waals surface area contributed by atoms with Crippen LogP contribution in [-0.4, -0.2) is 203 Å². The number of nitrogens with two attached hydrogens (primary N) is 1. The van der Waals surface area contributed by atoms with Gasteiger partial charge in [-0.1, -0.05) is 131 Å². The first-order valence-electron chi connectivity index (χ1n) is 37.5. The molecular weight excluding hydrogens is 1380 g/mol. The number of nitrogens with one attached hydrogen (secondary N) is 5. The van der Waals surface area contributed by atoms with Crippen molar-refractivity contribution in [1.82, 2.24) is 36.0 Å². The summed E-state index contributed by atoms with van der Waals surface area (Å²) in [4.78, 5) is 177. The van der Waals surface area contributed by atoms with Crippen molar-refractivity contribution in [3.8, 4) is 0 Å². The first-order valence-corrected chi connectivity index (χ1v) is 38.5. The molecule has 1 heterocycles. The maximum Gasteiger partial charge on any atom is 0.410 e. The number of hydrogen-bond donors (Lipinski definition) is 8. The molecule has 0 bridgehead atoms. The fourth-order valence-electron chi connectivity index (χ4n) is 13.6. The minimum Gasteiger partial charge on any atom is -0.480 e. The normalized spacial score (nSPS) is 16.6. The van der Waals surface area contributed by atoms with E-state index in [1.165, 1.54) is 26.0 Å². The number of anilines is 1. The molecule has 0 radical (unpaired) electrons. The second-order valence-electron chi connectivity index (χ2n) is 29.4. The number of benzene rings is 2. The average Bonchev–Trinajstić information content (AvgIpc) is 1.46. The predicted molar refractivity (Wildman–Crippen MR) is 405 cm³/mol. The summed E-state index contributed by atoms with van der Waals surface area (Å²) in [6, 6.07) is 11.1. The lowest BCUT2D eigenvalue weighted by molar-refractivity contribution is -0.149. The van der Waals surface area contributed by atoms with Crippen LogP contribution in [0.25, 0.3) is 0 Å². The first-order chi connectivity index (χ1) is 50.0. The van der Waals surface area contributed by atoms with Crippen molar-refractivity contribution >= 4 is 94.1 Å². The molecule has 0 aromatic heterocycles. The number of aliphatic hydroxyl groups is 1. The number of methoxy groups -OCH3 is 2. The molecule has 0 aliphatic carbocycles. The van der Waals surface area contributed by atoms with Gasteiger partial charge in [0.25, 0.3) is 0 Å². The highest BCUT2D eigenvalue weighted by Gasteiger charge is 2.44. The summed E-state index contributed by atoms with van der Waals surface area (Å²) in [5, 5.41) is 33.0. The molecule has 28 heteroatoms. The molecular formula is C78H123N9O18S. The SMILES string of the molecule is CCC(=O)NC(CSC(CC(=O)NCCCCCC(=O)NC(C(=O)CC(CCCNC(N)=O)C(=O)Nc1ccc(COC(=O)N(C)[C@@H](C(=O)CC(C(=O)N(C)[C@@H](C(C)CC)C(CC(=O)N2CCC[C@H]2C(OC)C(C)C(=O)C[C@H](C)[C@@H](O)c2ccccc2)OC)C(C)C)C(C)C)cc1)C(C)C)C(=O)O)C(C)=O. The van der Waals surface area contributed by atoms with Gasteiger partial charge in [-0.2, -0.15) is 0 Å². The van der Waals surface area contributed by atoms with E-state index in [-0.39, 0.29) is 148 Å². The van der Waals surface area contributed by atoms with E-state index in [4.69, 9.17) is 19.9 Å². The zero-order valence-electron chi connectivity index (χ0n) is 65.4. The number of carboxylic acids is 1. The molecule has 27 nitrogen and oxygen atoms in total.